The minimum atomic E-state index is -0.769. The number of methoxy groups -OCH3 is 1. The van der Waals surface area contributed by atoms with Crippen molar-refractivity contribution in [1.82, 2.24) is 4.98 Å². The minimum Gasteiger partial charge on any atom is -0.468 e. The summed E-state index contributed by atoms with van der Waals surface area (Å²) >= 11 is 0. The Kier molecular flexibility index (Phi) is 3.96. The first kappa shape index (κ1) is 12.1. The summed E-state index contributed by atoms with van der Waals surface area (Å²) in [5.74, 6) is -1.08. The van der Waals surface area contributed by atoms with Gasteiger partial charge in [-0.2, -0.15) is 0 Å². The number of nitrogens with zero attached hydrogens (tertiary/aromatic N) is 1. The molecule has 1 amide bonds. The fourth-order valence-corrected chi connectivity index (χ4v) is 1.22. The largest absolute Gasteiger partial charge is 0.468 e. The van der Waals surface area contributed by atoms with Crippen molar-refractivity contribution in [2.24, 2.45) is 11.5 Å². The van der Waals surface area contributed by atoms with E-state index in [0.717, 1.165) is 0 Å². The second-order valence-corrected chi connectivity index (χ2v) is 3.28. The number of carbonyl (C=O) groups excluding carboxylic acids is 2. The Hall–Kier alpha value is -1.95. The number of pyridine rings is 1. The van der Waals surface area contributed by atoms with Crippen LogP contribution in [0.25, 0.3) is 0 Å². The first-order valence-corrected chi connectivity index (χ1v) is 4.61. The van der Waals surface area contributed by atoms with Gasteiger partial charge in [-0.3, -0.25) is 14.6 Å². The zero-order chi connectivity index (χ0) is 12.1. The third-order valence-corrected chi connectivity index (χ3v) is 2.04. The zero-order valence-electron chi connectivity index (χ0n) is 8.84. The summed E-state index contributed by atoms with van der Waals surface area (Å²) < 4.78 is 4.49. The number of carbonyl (C=O) groups is 2. The summed E-state index contributed by atoms with van der Waals surface area (Å²) in [6.45, 7) is 0. The Bertz CT molecular complexity index is 406. The smallest absolute Gasteiger partial charge is 0.322 e. The molecule has 0 aliphatic heterocycles. The first-order chi connectivity index (χ1) is 7.54. The number of nitrogens with two attached hydrogens (primary N) is 2. The van der Waals surface area contributed by atoms with Crippen LogP contribution in [0.4, 0.5) is 0 Å². The van der Waals surface area contributed by atoms with Crippen LogP contribution in [0.3, 0.4) is 0 Å². The predicted octanol–water partition coefficient (Wildman–Crippen LogP) is -0.777. The van der Waals surface area contributed by atoms with Crippen LogP contribution < -0.4 is 11.5 Å². The van der Waals surface area contributed by atoms with E-state index in [1.54, 1.807) is 6.07 Å². The van der Waals surface area contributed by atoms with Gasteiger partial charge in [-0.25, -0.2) is 0 Å². The number of amides is 1. The van der Waals surface area contributed by atoms with Gasteiger partial charge < -0.3 is 16.2 Å². The zero-order valence-corrected chi connectivity index (χ0v) is 8.84. The van der Waals surface area contributed by atoms with E-state index in [4.69, 9.17) is 11.5 Å². The molecule has 4 N–H and O–H groups in total. The summed E-state index contributed by atoms with van der Waals surface area (Å²) in [6, 6.07) is 0.785. The Balaban J connectivity index is 2.78. The third kappa shape index (κ3) is 3.03. The lowest BCUT2D eigenvalue weighted by Gasteiger charge is -2.09. The highest BCUT2D eigenvalue weighted by atomic mass is 16.5. The highest BCUT2D eigenvalue weighted by Crippen LogP contribution is 2.05. The highest BCUT2D eigenvalue weighted by molar-refractivity contribution is 5.92. The van der Waals surface area contributed by atoms with E-state index < -0.39 is 17.9 Å². The van der Waals surface area contributed by atoms with Crippen LogP contribution in [-0.4, -0.2) is 30.0 Å². The Labute approximate surface area is 92.6 Å². The van der Waals surface area contributed by atoms with Crippen LogP contribution in [0.2, 0.25) is 0 Å². The molecule has 1 aromatic rings. The molecule has 86 valence electrons. The molecule has 0 spiro atoms. The van der Waals surface area contributed by atoms with Crippen molar-refractivity contribution in [2.75, 3.05) is 7.11 Å². The summed E-state index contributed by atoms with van der Waals surface area (Å²) in [6.07, 6.45) is 3.13. The molecule has 0 aromatic carbocycles. The molecule has 6 nitrogen and oxygen atoms in total. The predicted molar refractivity (Wildman–Crippen MR) is 56.5 cm³/mol. The number of hydrogen-bond acceptors (Lipinski definition) is 5. The number of primary amides is 1. The molecule has 16 heavy (non-hydrogen) atoms. The summed E-state index contributed by atoms with van der Waals surface area (Å²) in [5.41, 5.74) is 11.6. The minimum absolute atomic E-state index is 0.251. The van der Waals surface area contributed by atoms with E-state index in [9.17, 15) is 9.59 Å². The van der Waals surface area contributed by atoms with Crippen molar-refractivity contribution >= 4 is 11.9 Å². The van der Waals surface area contributed by atoms with E-state index in [2.05, 4.69) is 9.72 Å². The molecule has 0 radical (unpaired) electrons. The third-order valence-electron chi connectivity index (χ3n) is 2.04. The molecule has 0 fully saturated rings. The van der Waals surface area contributed by atoms with Crippen molar-refractivity contribution in [3.63, 3.8) is 0 Å². The quantitative estimate of drug-likeness (QED) is 0.651. The van der Waals surface area contributed by atoms with Gasteiger partial charge in [-0.05, 0) is 18.1 Å². The van der Waals surface area contributed by atoms with Crippen LogP contribution in [0.15, 0.2) is 18.5 Å². The molecule has 1 rings (SSSR count). The number of hydrogen-bond donors (Lipinski definition) is 2. The monoisotopic (exact) mass is 223 g/mol. The topological polar surface area (TPSA) is 108 Å². The molecule has 6 heteroatoms. The molecule has 1 heterocycles. The highest BCUT2D eigenvalue weighted by Gasteiger charge is 2.15. The average molecular weight is 223 g/mol. The molecular formula is C10H13N3O3. The van der Waals surface area contributed by atoms with Gasteiger partial charge in [0.15, 0.2) is 0 Å². The summed E-state index contributed by atoms with van der Waals surface area (Å²) in [7, 11) is 1.26. The molecule has 1 aromatic heterocycles. The second-order valence-electron chi connectivity index (χ2n) is 3.28. The van der Waals surface area contributed by atoms with Crippen molar-refractivity contribution in [3.8, 4) is 0 Å². The van der Waals surface area contributed by atoms with E-state index in [0.29, 0.717) is 5.56 Å². The Morgan fingerprint density at radius 2 is 2.19 bits per heavy atom. The van der Waals surface area contributed by atoms with Gasteiger partial charge in [0.05, 0.1) is 12.7 Å². The van der Waals surface area contributed by atoms with E-state index in [-0.39, 0.29) is 12.0 Å². The fraction of sp³-hybridized carbons (Fsp3) is 0.300. The van der Waals surface area contributed by atoms with Gasteiger partial charge in [0.2, 0.25) is 5.91 Å². The van der Waals surface area contributed by atoms with E-state index in [1.807, 2.05) is 0 Å². The molecule has 0 bridgehead atoms. The molecule has 1 atom stereocenters. The van der Waals surface area contributed by atoms with Crippen LogP contribution in [0.1, 0.15) is 15.9 Å². The van der Waals surface area contributed by atoms with Crippen molar-refractivity contribution < 1.29 is 14.3 Å². The Morgan fingerprint density at radius 3 is 2.75 bits per heavy atom. The number of esters is 1. The van der Waals surface area contributed by atoms with Gasteiger partial charge in [-0.1, -0.05) is 0 Å². The van der Waals surface area contributed by atoms with Crippen LogP contribution in [-0.2, 0) is 16.0 Å². The summed E-state index contributed by atoms with van der Waals surface area (Å²) in [5, 5.41) is 0. The maximum atomic E-state index is 11.1. The van der Waals surface area contributed by atoms with Crippen LogP contribution in [0.5, 0.6) is 0 Å². The number of rotatable bonds is 4. The molecule has 0 aliphatic rings. The molecule has 0 saturated heterocycles. The fourth-order valence-electron chi connectivity index (χ4n) is 1.22. The SMILES string of the molecule is COC(=O)[C@@H](N)Cc1cncc(C(N)=O)c1. The van der Waals surface area contributed by atoms with Gasteiger partial charge in [0, 0.05) is 12.4 Å². The van der Waals surface area contributed by atoms with Crippen molar-refractivity contribution in [3.05, 3.63) is 29.6 Å². The lowest BCUT2D eigenvalue weighted by molar-refractivity contribution is -0.142. The van der Waals surface area contributed by atoms with Crippen LogP contribution in [0, 0.1) is 0 Å². The van der Waals surface area contributed by atoms with E-state index in [1.165, 1.54) is 19.5 Å². The number of aromatic nitrogens is 1. The molecule has 0 aliphatic carbocycles. The first-order valence-electron chi connectivity index (χ1n) is 4.61. The maximum absolute atomic E-state index is 11.1. The van der Waals surface area contributed by atoms with Crippen LogP contribution >= 0.6 is 0 Å². The normalized spacial score (nSPS) is 11.9. The molecular weight excluding hydrogens is 210 g/mol. The van der Waals surface area contributed by atoms with E-state index >= 15 is 0 Å². The van der Waals surface area contributed by atoms with Gasteiger partial charge in [0.1, 0.15) is 6.04 Å². The van der Waals surface area contributed by atoms with Gasteiger partial charge >= 0.3 is 5.97 Å². The standard InChI is InChI=1S/C10H13N3O3/c1-16-10(15)8(11)3-6-2-7(9(12)14)5-13-4-6/h2,4-5,8H,3,11H2,1H3,(H2,12,14)/t8-/m0/s1. The lowest BCUT2D eigenvalue weighted by Crippen LogP contribution is -2.33. The van der Waals surface area contributed by atoms with Gasteiger partial charge in [-0.15, -0.1) is 0 Å². The summed E-state index contributed by atoms with van der Waals surface area (Å²) in [4.78, 5) is 25.8. The molecule has 0 unspecified atom stereocenters. The lowest BCUT2D eigenvalue weighted by atomic mass is 10.1. The van der Waals surface area contributed by atoms with Crippen molar-refractivity contribution in [2.45, 2.75) is 12.5 Å². The maximum Gasteiger partial charge on any atom is 0.322 e. The van der Waals surface area contributed by atoms with Gasteiger partial charge in [0.25, 0.3) is 0 Å². The van der Waals surface area contributed by atoms with Crippen molar-refractivity contribution in [1.29, 1.82) is 0 Å². The molecule has 0 saturated carbocycles. The number of ether oxygens (including phenoxy) is 1. The Morgan fingerprint density at radius 1 is 1.50 bits per heavy atom. The average Bonchev–Trinajstić information content (AvgIpc) is 2.28. The second kappa shape index (κ2) is 5.22.